The number of methoxy groups -OCH3 is 1. The molecule has 2 aliphatic rings. The quantitative estimate of drug-likeness (QED) is 0.301. The van der Waals surface area contributed by atoms with Gasteiger partial charge >= 0.3 is 0 Å². The van der Waals surface area contributed by atoms with E-state index in [0.717, 1.165) is 55.1 Å². The number of carbonyl (C=O) groups excluding carboxylic acids is 2. The first-order valence-electron chi connectivity index (χ1n) is 12.4. The number of fused-ring (bicyclic) bond motifs is 1. The van der Waals surface area contributed by atoms with E-state index in [1.165, 1.54) is 19.2 Å². The number of nitrogens with zero attached hydrogens (tertiary/aromatic N) is 2. The van der Waals surface area contributed by atoms with E-state index in [-0.39, 0.29) is 27.7 Å². The van der Waals surface area contributed by atoms with Crippen molar-refractivity contribution in [1.29, 1.82) is 0 Å². The molecule has 0 unspecified atom stereocenters. The van der Waals surface area contributed by atoms with E-state index in [4.69, 9.17) is 16.3 Å². The maximum absolute atomic E-state index is 13.8. The number of rotatable bonds is 4. The van der Waals surface area contributed by atoms with E-state index in [1.54, 1.807) is 23.1 Å². The molecule has 7 nitrogen and oxygen atoms in total. The molecule has 1 saturated carbocycles. The predicted octanol–water partition coefficient (Wildman–Crippen LogP) is 6.33. The topological polar surface area (TPSA) is 91.2 Å². The van der Waals surface area contributed by atoms with Crippen LogP contribution in [0, 0.1) is 11.2 Å². The summed E-state index contributed by atoms with van der Waals surface area (Å²) < 4.78 is 19.1. The lowest BCUT2D eigenvalue weighted by atomic mass is 9.78. The van der Waals surface area contributed by atoms with Gasteiger partial charge in [0, 0.05) is 17.8 Å². The van der Waals surface area contributed by atoms with Gasteiger partial charge in [0.1, 0.15) is 11.6 Å². The first kappa shape index (κ1) is 25.7. The number of halogens is 2. The van der Waals surface area contributed by atoms with Crippen molar-refractivity contribution in [3.05, 3.63) is 88.2 Å². The highest BCUT2D eigenvalue weighted by Crippen LogP contribution is 2.46. The number of oxime groups is 1. The van der Waals surface area contributed by atoms with Gasteiger partial charge in [0.2, 0.25) is 0 Å². The third-order valence-electron chi connectivity index (χ3n) is 7.49. The summed E-state index contributed by atoms with van der Waals surface area (Å²) in [5.74, 6) is -1.07. The van der Waals surface area contributed by atoms with E-state index in [1.807, 2.05) is 24.3 Å². The minimum absolute atomic E-state index is 0.00899. The van der Waals surface area contributed by atoms with E-state index in [0.29, 0.717) is 17.8 Å². The SMILES string of the molecule is COc1cc(C(=O)N2CC[C@@]3(CC/C(=N\O)C3)Cc3ccccc32)ccc1NC(=O)c1cc(F)ccc1Cl. The van der Waals surface area contributed by atoms with E-state index >= 15 is 0 Å². The van der Waals surface area contributed by atoms with Crippen LogP contribution in [0.15, 0.2) is 65.8 Å². The van der Waals surface area contributed by atoms with Crippen LogP contribution in [0.2, 0.25) is 5.02 Å². The van der Waals surface area contributed by atoms with Crippen molar-refractivity contribution in [2.24, 2.45) is 10.6 Å². The second kappa shape index (κ2) is 10.5. The van der Waals surface area contributed by atoms with Crippen molar-refractivity contribution in [2.75, 3.05) is 23.9 Å². The monoisotopic (exact) mass is 535 g/mol. The number of hydrogen-bond acceptors (Lipinski definition) is 5. The van der Waals surface area contributed by atoms with Gasteiger partial charge in [0.25, 0.3) is 11.8 Å². The van der Waals surface area contributed by atoms with Crippen molar-refractivity contribution < 1.29 is 23.9 Å². The largest absolute Gasteiger partial charge is 0.495 e. The number of carbonyl (C=O) groups is 2. The Morgan fingerprint density at radius 1 is 1.11 bits per heavy atom. The molecule has 1 atom stereocenters. The Bertz CT molecular complexity index is 1440. The van der Waals surface area contributed by atoms with Gasteiger partial charge in [-0.05, 0) is 85.5 Å². The summed E-state index contributed by atoms with van der Waals surface area (Å²) in [6.45, 7) is 0.521. The first-order valence-corrected chi connectivity index (χ1v) is 12.7. The van der Waals surface area contributed by atoms with Gasteiger partial charge in [-0.1, -0.05) is 35.0 Å². The molecular formula is C29H27ClFN3O4. The molecule has 1 aliphatic carbocycles. The fraction of sp³-hybridized carbons (Fsp3) is 0.276. The second-order valence-electron chi connectivity index (χ2n) is 9.85. The summed E-state index contributed by atoms with van der Waals surface area (Å²) in [5, 5.41) is 15.6. The molecular weight excluding hydrogens is 509 g/mol. The number of anilines is 2. The number of amides is 2. The molecule has 1 heterocycles. The standard InChI is InChI=1S/C29H27ClFN3O4/c1-38-26-14-18(6-9-24(26)32-27(35)22-15-20(31)7-8-23(22)30)28(36)34-13-12-29(11-10-21(17-29)33-37)16-19-4-2-3-5-25(19)34/h2-9,14-15,37H,10-13,16-17H2,1H3,(H,32,35)/b33-21+/t29-/m0/s1. The molecule has 2 N–H and O–H groups in total. The zero-order chi connectivity index (χ0) is 26.9. The Hall–Kier alpha value is -3.91. The molecule has 5 rings (SSSR count). The third-order valence-corrected chi connectivity index (χ3v) is 7.82. The fourth-order valence-electron chi connectivity index (χ4n) is 5.51. The van der Waals surface area contributed by atoms with Gasteiger partial charge in [-0.15, -0.1) is 0 Å². The summed E-state index contributed by atoms with van der Waals surface area (Å²) in [6, 6.07) is 16.2. The zero-order valence-electron chi connectivity index (χ0n) is 20.8. The minimum Gasteiger partial charge on any atom is -0.495 e. The first-order chi connectivity index (χ1) is 18.3. The summed E-state index contributed by atoms with van der Waals surface area (Å²) >= 11 is 6.07. The molecule has 2 amide bonds. The van der Waals surface area contributed by atoms with Crippen LogP contribution in [0.3, 0.4) is 0 Å². The molecule has 38 heavy (non-hydrogen) atoms. The average Bonchev–Trinajstić information content (AvgIpc) is 3.25. The molecule has 0 saturated heterocycles. The van der Waals surface area contributed by atoms with E-state index < -0.39 is 11.7 Å². The van der Waals surface area contributed by atoms with Crippen molar-refractivity contribution in [2.45, 2.75) is 32.1 Å². The lowest BCUT2D eigenvalue weighted by Gasteiger charge is -2.27. The molecule has 0 bridgehead atoms. The average molecular weight is 536 g/mol. The van der Waals surface area contributed by atoms with Gasteiger partial charge in [0.05, 0.1) is 29.1 Å². The van der Waals surface area contributed by atoms with Crippen molar-refractivity contribution in [1.82, 2.24) is 0 Å². The smallest absolute Gasteiger partial charge is 0.258 e. The van der Waals surface area contributed by atoms with E-state index in [2.05, 4.69) is 10.5 Å². The molecule has 1 aliphatic heterocycles. The second-order valence-corrected chi connectivity index (χ2v) is 10.3. The highest BCUT2D eigenvalue weighted by Gasteiger charge is 2.41. The van der Waals surface area contributed by atoms with Crippen LogP contribution in [0.4, 0.5) is 15.8 Å². The Balaban J connectivity index is 1.41. The minimum atomic E-state index is -0.596. The van der Waals surface area contributed by atoms with Crippen LogP contribution in [-0.2, 0) is 6.42 Å². The van der Waals surface area contributed by atoms with Gasteiger partial charge < -0.3 is 20.2 Å². The lowest BCUT2D eigenvalue weighted by Crippen LogP contribution is -2.33. The molecule has 3 aromatic carbocycles. The highest BCUT2D eigenvalue weighted by atomic mass is 35.5. The fourth-order valence-corrected chi connectivity index (χ4v) is 5.71. The lowest BCUT2D eigenvalue weighted by molar-refractivity contribution is 0.0983. The van der Waals surface area contributed by atoms with E-state index in [9.17, 15) is 19.2 Å². The molecule has 196 valence electrons. The van der Waals surface area contributed by atoms with Gasteiger partial charge in [-0.3, -0.25) is 9.59 Å². The zero-order valence-corrected chi connectivity index (χ0v) is 21.6. The summed E-state index contributed by atoms with van der Waals surface area (Å²) in [4.78, 5) is 28.3. The Morgan fingerprint density at radius 3 is 2.68 bits per heavy atom. The molecule has 0 radical (unpaired) electrons. The Kier molecular flexibility index (Phi) is 7.08. The summed E-state index contributed by atoms with van der Waals surface area (Å²) in [7, 11) is 1.44. The normalized spacial score (nSPS) is 19.8. The number of benzene rings is 3. The molecule has 0 aromatic heterocycles. The predicted molar refractivity (Wildman–Crippen MR) is 144 cm³/mol. The van der Waals surface area contributed by atoms with Gasteiger partial charge in [0.15, 0.2) is 0 Å². The Morgan fingerprint density at radius 2 is 1.92 bits per heavy atom. The van der Waals surface area contributed by atoms with Crippen molar-refractivity contribution in [3.63, 3.8) is 0 Å². The highest BCUT2D eigenvalue weighted by molar-refractivity contribution is 6.34. The van der Waals surface area contributed by atoms with Crippen molar-refractivity contribution in [3.8, 4) is 5.75 Å². The summed E-state index contributed by atoms with van der Waals surface area (Å²) in [6.07, 6.45) is 3.99. The van der Waals surface area contributed by atoms with Crippen molar-refractivity contribution >= 4 is 40.5 Å². The van der Waals surface area contributed by atoms with Crippen LogP contribution >= 0.6 is 11.6 Å². The molecule has 3 aromatic rings. The maximum Gasteiger partial charge on any atom is 0.258 e. The van der Waals surface area contributed by atoms with Crippen LogP contribution < -0.4 is 15.0 Å². The number of hydrogen-bond donors (Lipinski definition) is 2. The maximum atomic E-state index is 13.8. The molecule has 1 fully saturated rings. The van der Waals surface area contributed by atoms with Gasteiger partial charge in [-0.25, -0.2) is 4.39 Å². The van der Waals surface area contributed by atoms with Gasteiger partial charge in [-0.2, -0.15) is 0 Å². The van der Waals surface area contributed by atoms with Crippen LogP contribution in [0.5, 0.6) is 5.75 Å². The Labute approximate surface area is 224 Å². The van der Waals surface area contributed by atoms with Crippen LogP contribution in [0.25, 0.3) is 0 Å². The number of para-hydroxylation sites is 1. The molecule has 1 spiro atoms. The van der Waals surface area contributed by atoms with Crippen LogP contribution in [-0.4, -0.2) is 36.4 Å². The molecule has 9 heteroatoms. The summed E-state index contributed by atoms with van der Waals surface area (Å²) in [5.41, 5.74) is 3.43. The van der Waals surface area contributed by atoms with Crippen LogP contribution in [0.1, 0.15) is 52.0 Å². The number of ether oxygens (including phenoxy) is 1. The third kappa shape index (κ3) is 4.96. The number of nitrogens with one attached hydrogen (secondary N) is 1.